The number of Topliss-reactive ketones (excluding diaryl/α,β-unsaturated/α-hetero) is 2. The molecule has 7 heteroatoms. The molecule has 0 bridgehead atoms. The fourth-order valence-corrected chi connectivity index (χ4v) is 1.94. The summed E-state index contributed by atoms with van der Waals surface area (Å²) in [5.41, 5.74) is 0.278. The minimum absolute atomic E-state index is 0.00868. The molecule has 124 valence electrons. The van der Waals surface area contributed by atoms with Gasteiger partial charge in [0.25, 0.3) is 5.78 Å². The average molecular weight is 341 g/mol. The molecular formula is C16H17ClO6. The second kappa shape index (κ2) is 9.05. The van der Waals surface area contributed by atoms with Crippen LogP contribution in [0.5, 0.6) is 0 Å². The topological polar surface area (TPSA) is 86.7 Å². The van der Waals surface area contributed by atoms with Crippen LogP contribution in [-0.2, 0) is 23.9 Å². The molecule has 0 aromatic heterocycles. The summed E-state index contributed by atoms with van der Waals surface area (Å²) >= 11 is 5.74. The second-order valence-corrected chi connectivity index (χ2v) is 4.96. The summed E-state index contributed by atoms with van der Waals surface area (Å²) in [6.45, 7) is 3.11. The summed E-state index contributed by atoms with van der Waals surface area (Å²) in [4.78, 5) is 47.7. The van der Waals surface area contributed by atoms with Gasteiger partial charge in [0.1, 0.15) is 5.92 Å². The molecule has 0 saturated heterocycles. The minimum atomic E-state index is -1.52. The predicted octanol–water partition coefficient (Wildman–Crippen LogP) is 2.22. The minimum Gasteiger partial charge on any atom is -0.465 e. The number of benzene rings is 1. The summed E-state index contributed by atoms with van der Waals surface area (Å²) < 4.78 is 9.36. The van der Waals surface area contributed by atoms with Crippen LogP contribution in [0.2, 0.25) is 5.02 Å². The molecule has 1 aromatic rings. The normalized spacial score (nSPS) is 11.4. The zero-order chi connectivity index (χ0) is 17.4. The van der Waals surface area contributed by atoms with Crippen LogP contribution in [0.3, 0.4) is 0 Å². The average Bonchev–Trinajstić information content (AvgIpc) is 2.52. The molecule has 0 aliphatic heterocycles. The second-order valence-electron chi connectivity index (χ2n) is 4.52. The Labute approximate surface area is 138 Å². The summed E-state index contributed by atoms with van der Waals surface area (Å²) in [5, 5.41) is 0.450. The summed E-state index contributed by atoms with van der Waals surface area (Å²) in [6.07, 6.45) is -0.474. The van der Waals surface area contributed by atoms with Gasteiger partial charge in [-0.2, -0.15) is 0 Å². The Hall–Kier alpha value is -2.21. The van der Waals surface area contributed by atoms with Gasteiger partial charge in [-0.25, -0.2) is 4.79 Å². The summed E-state index contributed by atoms with van der Waals surface area (Å²) in [7, 11) is 0. The van der Waals surface area contributed by atoms with E-state index < -0.39 is 35.8 Å². The van der Waals surface area contributed by atoms with E-state index in [0.29, 0.717) is 5.02 Å². The van der Waals surface area contributed by atoms with Gasteiger partial charge in [0.15, 0.2) is 5.78 Å². The first kappa shape index (κ1) is 18.8. The van der Waals surface area contributed by atoms with Crippen molar-refractivity contribution in [1.82, 2.24) is 0 Å². The number of carbonyl (C=O) groups excluding carboxylic acids is 4. The van der Waals surface area contributed by atoms with Gasteiger partial charge in [0, 0.05) is 17.0 Å². The van der Waals surface area contributed by atoms with E-state index in [1.54, 1.807) is 6.92 Å². The first-order valence-corrected chi connectivity index (χ1v) is 7.44. The highest BCUT2D eigenvalue weighted by Gasteiger charge is 2.35. The van der Waals surface area contributed by atoms with Crippen molar-refractivity contribution in [2.45, 2.75) is 20.3 Å². The molecular weight excluding hydrogens is 324 g/mol. The fraction of sp³-hybridized carbons (Fsp3) is 0.375. The Kier molecular flexibility index (Phi) is 7.41. The molecule has 0 heterocycles. The smallest absolute Gasteiger partial charge is 0.375 e. The lowest BCUT2D eigenvalue weighted by Crippen LogP contribution is -2.34. The number of esters is 2. The maximum absolute atomic E-state index is 12.2. The summed E-state index contributed by atoms with van der Waals surface area (Å²) in [5.74, 6) is -5.16. The van der Waals surface area contributed by atoms with Crippen LogP contribution < -0.4 is 0 Å². The van der Waals surface area contributed by atoms with Crippen molar-refractivity contribution in [3.63, 3.8) is 0 Å². The molecule has 0 amide bonds. The van der Waals surface area contributed by atoms with Crippen molar-refractivity contribution < 1.29 is 28.7 Å². The molecule has 23 heavy (non-hydrogen) atoms. The van der Waals surface area contributed by atoms with E-state index in [1.165, 1.54) is 31.2 Å². The van der Waals surface area contributed by atoms with Crippen LogP contribution in [0.4, 0.5) is 0 Å². The highest BCUT2D eigenvalue weighted by Crippen LogP contribution is 2.16. The molecule has 1 atom stereocenters. The quantitative estimate of drug-likeness (QED) is 0.312. The van der Waals surface area contributed by atoms with Crippen LogP contribution in [0.15, 0.2) is 24.3 Å². The number of ketones is 2. The van der Waals surface area contributed by atoms with Gasteiger partial charge in [-0.1, -0.05) is 11.6 Å². The molecule has 0 N–H and O–H groups in total. The standard InChI is InChI=1S/C16H17ClO6/c1-3-22-15(20)12(14(19)16(21)23-4-2)9-13(18)10-5-7-11(17)8-6-10/h5-8,12H,3-4,9H2,1-2H3. The Morgan fingerprint density at radius 2 is 1.57 bits per heavy atom. The monoisotopic (exact) mass is 340 g/mol. The van der Waals surface area contributed by atoms with Crippen LogP contribution in [0, 0.1) is 5.92 Å². The van der Waals surface area contributed by atoms with Crippen molar-refractivity contribution in [3.05, 3.63) is 34.9 Å². The van der Waals surface area contributed by atoms with Crippen molar-refractivity contribution in [3.8, 4) is 0 Å². The van der Waals surface area contributed by atoms with Gasteiger partial charge in [0.05, 0.1) is 13.2 Å². The SMILES string of the molecule is CCOC(=O)C(=O)C(CC(=O)c1ccc(Cl)cc1)C(=O)OCC. The third-order valence-corrected chi connectivity index (χ3v) is 3.17. The highest BCUT2D eigenvalue weighted by molar-refractivity contribution is 6.38. The molecule has 6 nitrogen and oxygen atoms in total. The van der Waals surface area contributed by atoms with Crippen LogP contribution in [0.1, 0.15) is 30.6 Å². The van der Waals surface area contributed by atoms with E-state index in [4.69, 9.17) is 16.3 Å². The largest absolute Gasteiger partial charge is 0.465 e. The number of rotatable bonds is 8. The van der Waals surface area contributed by atoms with E-state index in [2.05, 4.69) is 4.74 Å². The van der Waals surface area contributed by atoms with Gasteiger partial charge in [0.2, 0.25) is 0 Å². The number of hydrogen-bond acceptors (Lipinski definition) is 6. The third kappa shape index (κ3) is 5.49. The fourth-order valence-electron chi connectivity index (χ4n) is 1.81. The molecule has 0 radical (unpaired) electrons. The summed E-state index contributed by atoms with van der Waals surface area (Å²) in [6, 6.07) is 5.98. The lowest BCUT2D eigenvalue weighted by molar-refractivity contribution is -0.161. The Morgan fingerprint density at radius 3 is 2.09 bits per heavy atom. The van der Waals surface area contributed by atoms with Crippen molar-refractivity contribution >= 4 is 35.1 Å². The zero-order valence-corrected chi connectivity index (χ0v) is 13.6. The number of halogens is 1. The van der Waals surface area contributed by atoms with Crippen molar-refractivity contribution in [1.29, 1.82) is 0 Å². The molecule has 1 rings (SSSR count). The first-order valence-electron chi connectivity index (χ1n) is 7.07. The number of carbonyl (C=O) groups is 4. The highest BCUT2D eigenvalue weighted by atomic mass is 35.5. The Bertz CT molecular complexity index is 593. The van der Waals surface area contributed by atoms with Crippen LogP contribution in [-0.4, -0.2) is 36.7 Å². The molecule has 0 spiro atoms. The number of hydrogen-bond donors (Lipinski definition) is 0. The zero-order valence-electron chi connectivity index (χ0n) is 12.8. The van der Waals surface area contributed by atoms with E-state index in [1.807, 2.05) is 0 Å². The molecule has 0 aliphatic carbocycles. The van der Waals surface area contributed by atoms with Gasteiger partial charge in [-0.3, -0.25) is 14.4 Å². The number of ether oxygens (including phenoxy) is 2. The van der Waals surface area contributed by atoms with E-state index in [0.717, 1.165) is 0 Å². The molecule has 0 aliphatic rings. The van der Waals surface area contributed by atoms with Crippen LogP contribution >= 0.6 is 11.6 Å². The van der Waals surface area contributed by atoms with Crippen LogP contribution in [0.25, 0.3) is 0 Å². The lowest BCUT2D eigenvalue weighted by Gasteiger charge is -2.13. The van der Waals surface area contributed by atoms with Crippen molar-refractivity contribution in [2.24, 2.45) is 5.92 Å². The van der Waals surface area contributed by atoms with Gasteiger partial charge < -0.3 is 9.47 Å². The van der Waals surface area contributed by atoms with Gasteiger partial charge in [-0.05, 0) is 38.1 Å². The van der Waals surface area contributed by atoms with E-state index >= 15 is 0 Å². The lowest BCUT2D eigenvalue weighted by atomic mass is 9.94. The third-order valence-electron chi connectivity index (χ3n) is 2.92. The molecule has 1 unspecified atom stereocenters. The van der Waals surface area contributed by atoms with E-state index in [-0.39, 0.29) is 18.8 Å². The van der Waals surface area contributed by atoms with Gasteiger partial charge >= 0.3 is 11.9 Å². The maximum atomic E-state index is 12.2. The van der Waals surface area contributed by atoms with Gasteiger partial charge in [-0.15, -0.1) is 0 Å². The van der Waals surface area contributed by atoms with E-state index in [9.17, 15) is 19.2 Å². The molecule has 0 saturated carbocycles. The maximum Gasteiger partial charge on any atom is 0.375 e. The Morgan fingerprint density at radius 1 is 1.00 bits per heavy atom. The first-order chi connectivity index (χ1) is 10.9. The molecule has 0 fully saturated rings. The predicted molar refractivity (Wildman–Crippen MR) is 82.2 cm³/mol. The van der Waals surface area contributed by atoms with Crippen molar-refractivity contribution in [2.75, 3.05) is 13.2 Å². The Balaban J connectivity index is 2.93. The molecule has 1 aromatic carbocycles.